The summed E-state index contributed by atoms with van der Waals surface area (Å²) in [5.41, 5.74) is 8.28. The molecule has 2 aromatic heterocycles. The summed E-state index contributed by atoms with van der Waals surface area (Å²) in [6.07, 6.45) is 8.22. The van der Waals surface area contributed by atoms with Crippen LogP contribution >= 0.6 is 0 Å². The Hall–Kier alpha value is -1.42. The van der Waals surface area contributed by atoms with Gasteiger partial charge in [-0.15, -0.1) is 0 Å². The van der Waals surface area contributed by atoms with Gasteiger partial charge in [-0.1, -0.05) is 0 Å². The Morgan fingerprint density at radius 2 is 2.31 bits per heavy atom. The van der Waals surface area contributed by atoms with Crippen LogP contribution in [0.5, 0.6) is 0 Å². The quantitative estimate of drug-likeness (QED) is 0.845. The molecule has 0 saturated heterocycles. The highest BCUT2D eigenvalue weighted by atomic mass is 15.1. The molecule has 0 spiro atoms. The Labute approximate surface area is 94.5 Å². The van der Waals surface area contributed by atoms with Gasteiger partial charge in [-0.3, -0.25) is 4.40 Å². The average molecular weight is 216 g/mol. The largest absolute Gasteiger partial charge is 0.325 e. The van der Waals surface area contributed by atoms with Gasteiger partial charge < -0.3 is 5.73 Å². The second-order valence-corrected chi connectivity index (χ2v) is 4.81. The predicted octanol–water partition coefficient (Wildman–Crippen LogP) is 1.46. The van der Waals surface area contributed by atoms with E-state index in [1.165, 1.54) is 12.8 Å². The summed E-state index contributed by atoms with van der Waals surface area (Å²) >= 11 is 0. The van der Waals surface area contributed by atoms with Crippen LogP contribution in [0.4, 0.5) is 0 Å². The molecular formula is C12H16N4. The molecule has 3 rings (SSSR count). The number of imidazole rings is 1. The molecule has 2 heterocycles. The first kappa shape index (κ1) is 9.78. The van der Waals surface area contributed by atoms with Crippen LogP contribution in [0.3, 0.4) is 0 Å². The fourth-order valence-corrected chi connectivity index (χ4v) is 2.00. The third kappa shape index (κ3) is 1.69. The molecule has 84 valence electrons. The maximum Gasteiger partial charge on any atom is 0.139 e. The minimum atomic E-state index is 0.114. The number of nitrogens with zero attached hydrogens (tertiary/aromatic N) is 3. The van der Waals surface area contributed by atoms with E-state index in [0.29, 0.717) is 0 Å². The van der Waals surface area contributed by atoms with E-state index in [1.807, 2.05) is 17.4 Å². The summed E-state index contributed by atoms with van der Waals surface area (Å²) < 4.78 is 2.03. The van der Waals surface area contributed by atoms with Crippen molar-refractivity contribution in [2.75, 3.05) is 0 Å². The van der Waals surface area contributed by atoms with Crippen LogP contribution in [-0.2, 0) is 6.42 Å². The highest BCUT2D eigenvalue weighted by Gasteiger charge is 2.37. The van der Waals surface area contributed by atoms with E-state index in [1.54, 1.807) is 6.20 Å². The minimum absolute atomic E-state index is 0.114. The van der Waals surface area contributed by atoms with Crippen LogP contribution < -0.4 is 5.73 Å². The van der Waals surface area contributed by atoms with Gasteiger partial charge in [0.25, 0.3) is 0 Å². The van der Waals surface area contributed by atoms with Crippen molar-refractivity contribution < 1.29 is 0 Å². The molecule has 2 aromatic rings. The van der Waals surface area contributed by atoms with Gasteiger partial charge in [0.2, 0.25) is 0 Å². The number of rotatable bonds is 3. The monoisotopic (exact) mass is 216 g/mol. The number of hydrogen-bond acceptors (Lipinski definition) is 3. The van der Waals surface area contributed by atoms with Crippen LogP contribution in [0, 0.1) is 6.92 Å². The Bertz CT molecular complexity index is 525. The van der Waals surface area contributed by atoms with E-state index in [0.717, 1.165) is 30.0 Å². The van der Waals surface area contributed by atoms with Crippen molar-refractivity contribution in [3.8, 4) is 0 Å². The number of aromatic nitrogens is 3. The molecular weight excluding hydrogens is 200 g/mol. The zero-order valence-electron chi connectivity index (χ0n) is 9.48. The molecule has 0 aromatic carbocycles. The van der Waals surface area contributed by atoms with E-state index in [-0.39, 0.29) is 5.54 Å². The molecule has 1 fully saturated rings. The van der Waals surface area contributed by atoms with E-state index < -0.39 is 0 Å². The molecule has 0 amide bonds. The maximum atomic E-state index is 6.07. The lowest BCUT2D eigenvalue weighted by molar-refractivity contribution is 0.604. The van der Waals surface area contributed by atoms with Gasteiger partial charge in [0.1, 0.15) is 11.5 Å². The third-order valence-electron chi connectivity index (χ3n) is 3.39. The van der Waals surface area contributed by atoms with Crippen molar-refractivity contribution in [1.29, 1.82) is 0 Å². The molecule has 1 aliphatic rings. The van der Waals surface area contributed by atoms with Gasteiger partial charge in [-0.25, -0.2) is 9.97 Å². The average Bonchev–Trinajstić information content (AvgIpc) is 2.84. The number of hydrogen-bond donors (Lipinski definition) is 1. The zero-order chi connectivity index (χ0) is 11.2. The second-order valence-electron chi connectivity index (χ2n) is 4.81. The molecule has 0 unspecified atom stereocenters. The first-order valence-corrected chi connectivity index (χ1v) is 5.75. The first-order chi connectivity index (χ1) is 7.66. The predicted molar refractivity (Wildman–Crippen MR) is 62.2 cm³/mol. The summed E-state index contributed by atoms with van der Waals surface area (Å²) in [5, 5.41) is 0. The van der Waals surface area contributed by atoms with Crippen molar-refractivity contribution in [1.82, 2.24) is 14.4 Å². The van der Waals surface area contributed by atoms with Gasteiger partial charge in [-0.2, -0.15) is 0 Å². The van der Waals surface area contributed by atoms with Crippen molar-refractivity contribution in [3.63, 3.8) is 0 Å². The lowest BCUT2D eigenvalue weighted by Crippen LogP contribution is -2.22. The highest BCUT2D eigenvalue weighted by molar-refractivity contribution is 5.39. The molecule has 0 radical (unpaired) electrons. The highest BCUT2D eigenvalue weighted by Crippen LogP contribution is 2.36. The SMILES string of the molecule is Cc1nccc2nc(CCC3(N)CC3)cn12. The van der Waals surface area contributed by atoms with Gasteiger partial charge >= 0.3 is 0 Å². The van der Waals surface area contributed by atoms with Crippen LogP contribution in [0.2, 0.25) is 0 Å². The topological polar surface area (TPSA) is 56.2 Å². The van der Waals surface area contributed by atoms with Gasteiger partial charge in [0.05, 0.1) is 5.69 Å². The first-order valence-electron chi connectivity index (χ1n) is 5.75. The lowest BCUT2D eigenvalue weighted by atomic mass is 10.1. The summed E-state index contributed by atoms with van der Waals surface area (Å²) in [7, 11) is 0. The van der Waals surface area contributed by atoms with Crippen molar-refractivity contribution in [2.45, 2.75) is 38.1 Å². The summed E-state index contributed by atoms with van der Waals surface area (Å²) in [6.45, 7) is 1.99. The number of aryl methyl sites for hydroxylation is 2. The Kier molecular flexibility index (Phi) is 2.01. The summed E-state index contributed by atoms with van der Waals surface area (Å²) in [5.74, 6) is 0.977. The van der Waals surface area contributed by atoms with Crippen molar-refractivity contribution in [2.24, 2.45) is 5.73 Å². The fraction of sp³-hybridized carbons (Fsp3) is 0.500. The zero-order valence-corrected chi connectivity index (χ0v) is 9.48. The van der Waals surface area contributed by atoms with Crippen LogP contribution in [0.1, 0.15) is 30.8 Å². The number of fused-ring (bicyclic) bond motifs is 1. The fourth-order valence-electron chi connectivity index (χ4n) is 2.00. The van der Waals surface area contributed by atoms with E-state index in [9.17, 15) is 0 Å². The molecule has 0 aliphatic heterocycles. The van der Waals surface area contributed by atoms with E-state index in [2.05, 4.69) is 16.2 Å². The molecule has 4 nitrogen and oxygen atoms in total. The Balaban J connectivity index is 1.85. The maximum absolute atomic E-state index is 6.07. The van der Waals surface area contributed by atoms with Gasteiger partial charge in [0, 0.05) is 17.9 Å². The van der Waals surface area contributed by atoms with E-state index in [4.69, 9.17) is 5.73 Å². The van der Waals surface area contributed by atoms with Crippen molar-refractivity contribution in [3.05, 3.63) is 30.0 Å². The molecule has 2 N–H and O–H groups in total. The summed E-state index contributed by atoms with van der Waals surface area (Å²) in [4.78, 5) is 8.81. The Morgan fingerprint density at radius 3 is 3.00 bits per heavy atom. The van der Waals surface area contributed by atoms with Crippen molar-refractivity contribution >= 4 is 5.65 Å². The molecule has 4 heteroatoms. The molecule has 0 atom stereocenters. The second kappa shape index (κ2) is 3.28. The molecule has 1 aliphatic carbocycles. The summed E-state index contributed by atoms with van der Waals surface area (Å²) in [6, 6.07) is 1.94. The van der Waals surface area contributed by atoms with Gasteiger partial charge in [0.15, 0.2) is 0 Å². The van der Waals surface area contributed by atoms with Gasteiger partial charge in [-0.05, 0) is 38.7 Å². The van der Waals surface area contributed by atoms with E-state index >= 15 is 0 Å². The molecule has 16 heavy (non-hydrogen) atoms. The Morgan fingerprint density at radius 1 is 1.50 bits per heavy atom. The molecule has 1 saturated carbocycles. The van der Waals surface area contributed by atoms with Crippen LogP contribution in [0.25, 0.3) is 5.65 Å². The van der Waals surface area contributed by atoms with Crippen LogP contribution in [-0.4, -0.2) is 19.9 Å². The standard InChI is InChI=1S/C12H16N4/c1-9-14-7-3-11-15-10(8-16(9)11)2-4-12(13)5-6-12/h3,7-8H,2,4-6,13H2,1H3. The minimum Gasteiger partial charge on any atom is -0.325 e. The molecule has 0 bridgehead atoms. The smallest absolute Gasteiger partial charge is 0.139 e. The third-order valence-corrected chi connectivity index (χ3v) is 3.39. The lowest BCUT2D eigenvalue weighted by Gasteiger charge is -2.04. The van der Waals surface area contributed by atoms with Crippen LogP contribution in [0.15, 0.2) is 18.5 Å². The normalized spacial score (nSPS) is 17.9. The number of nitrogens with two attached hydrogens (primary N) is 1.